The minimum atomic E-state index is -3.73. The molecular weight excluding hydrogens is 444 g/mol. The molecule has 0 bridgehead atoms. The number of sulfonamides is 2. The fourth-order valence-electron chi connectivity index (χ4n) is 3.16. The molecule has 1 heterocycles. The van der Waals surface area contributed by atoms with Gasteiger partial charge in [-0.3, -0.25) is 0 Å². The van der Waals surface area contributed by atoms with E-state index in [1.165, 1.54) is 36.7 Å². The van der Waals surface area contributed by atoms with Gasteiger partial charge in [-0.1, -0.05) is 12.1 Å². The van der Waals surface area contributed by atoms with E-state index in [1.807, 2.05) is 0 Å². The molecule has 0 aliphatic carbocycles. The van der Waals surface area contributed by atoms with E-state index in [0.29, 0.717) is 44.2 Å². The van der Waals surface area contributed by atoms with Crippen LogP contribution in [0.2, 0.25) is 0 Å². The van der Waals surface area contributed by atoms with Crippen LogP contribution in [0.25, 0.3) is 0 Å². The first-order chi connectivity index (χ1) is 14.8. The molecule has 0 unspecified atom stereocenters. The zero-order valence-corrected chi connectivity index (χ0v) is 19.0. The number of rotatable bonds is 9. The quantitative estimate of drug-likeness (QED) is 0.587. The molecule has 0 radical (unpaired) electrons. The first-order valence-corrected chi connectivity index (χ1v) is 12.6. The molecule has 0 aromatic heterocycles. The smallest absolute Gasteiger partial charge is 0.243 e. The van der Waals surface area contributed by atoms with E-state index < -0.39 is 20.0 Å². The lowest BCUT2D eigenvalue weighted by Crippen LogP contribution is -2.40. The van der Waals surface area contributed by atoms with Gasteiger partial charge < -0.3 is 14.2 Å². The molecule has 2 aromatic carbocycles. The Labute approximate surface area is 183 Å². The average Bonchev–Trinajstić information content (AvgIpc) is 2.79. The third-order valence-corrected chi connectivity index (χ3v) is 8.27. The van der Waals surface area contributed by atoms with Crippen molar-refractivity contribution in [2.45, 2.75) is 16.2 Å². The van der Waals surface area contributed by atoms with Gasteiger partial charge in [0.15, 0.2) is 11.5 Å². The highest BCUT2D eigenvalue weighted by atomic mass is 32.2. The summed E-state index contributed by atoms with van der Waals surface area (Å²) in [6.07, 6.45) is 0.407. The number of morpholine rings is 1. The number of hydrogen-bond donors (Lipinski definition) is 1. The van der Waals surface area contributed by atoms with Gasteiger partial charge in [-0.2, -0.15) is 4.31 Å². The summed E-state index contributed by atoms with van der Waals surface area (Å²) < 4.78 is 69.8. The van der Waals surface area contributed by atoms with Gasteiger partial charge in [-0.25, -0.2) is 21.6 Å². The fraction of sp³-hybridized carbons (Fsp3) is 0.400. The van der Waals surface area contributed by atoms with E-state index >= 15 is 0 Å². The van der Waals surface area contributed by atoms with Gasteiger partial charge >= 0.3 is 0 Å². The van der Waals surface area contributed by atoms with Crippen LogP contribution in [-0.4, -0.2) is 68.2 Å². The second kappa shape index (κ2) is 9.96. The molecular formula is C20H26N2O7S2. The van der Waals surface area contributed by atoms with Crippen LogP contribution >= 0.6 is 0 Å². The zero-order valence-electron chi connectivity index (χ0n) is 17.4. The van der Waals surface area contributed by atoms with Crippen LogP contribution in [0.5, 0.6) is 11.5 Å². The molecule has 11 heteroatoms. The van der Waals surface area contributed by atoms with E-state index in [-0.39, 0.29) is 16.3 Å². The van der Waals surface area contributed by atoms with Crippen LogP contribution in [0.4, 0.5) is 0 Å². The highest BCUT2D eigenvalue weighted by Gasteiger charge is 2.26. The molecule has 0 atom stereocenters. The van der Waals surface area contributed by atoms with Crippen LogP contribution in [0.3, 0.4) is 0 Å². The summed E-state index contributed by atoms with van der Waals surface area (Å²) in [4.78, 5) is 0.279. The first-order valence-electron chi connectivity index (χ1n) is 9.66. The van der Waals surface area contributed by atoms with Crippen molar-refractivity contribution in [2.75, 3.05) is 47.1 Å². The van der Waals surface area contributed by atoms with E-state index in [1.54, 1.807) is 24.3 Å². The third kappa shape index (κ3) is 5.55. The number of hydrogen-bond acceptors (Lipinski definition) is 7. The Bertz CT molecular complexity index is 1090. The molecule has 0 amide bonds. The Morgan fingerprint density at radius 2 is 1.52 bits per heavy atom. The summed E-state index contributed by atoms with van der Waals surface area (Å²) >= 11 is 0. The SMILES string of the molecule is COc1ccc(S(=O)(=O)NCCc2ccc(S(=O)(=O)N3CCOCC3)cc2)cc1OC. The topological polar surface area (TPSA) is 111 Å². The van der Waals surface area contributed by atoms with E-state index in [0.717, 1.165) is 5.56 Å². The maximum atomic E-state index is 12.7. The maximum Gasteiger partial charge on any atom is 0.243 e. The minimum absolute atomic E-state index is 0.0668. The summed E-state index contributed by atoms with van der Waals surface area (Å²) in [5, 5.41) is 0. The van der Waals surface area contributed by atoms with Crippen molar-refractivity contribution in [1.82, 2.24) is 9.03 Å². The van der Waals surface area contributed by atoms with Crippen molar-refractivity contribution in [3.05, 3.63) is 48.0 Å². The Morgan fingerprint density at radius 3 is 2.13 bits per heavy atom. The first kappa shape index (κ1) is 23.5. The predicted molar refractivity (Wildman–Crippen MR) is 114 cm³/mol. The van der Waals surface area contributed by atoms with Gasteiger partial charge in [0, 0.05) is 25.7 Å². The van der Waals surface area contributed by atoms with Crippen molar-refractivity contribution in [1.29, 1.82) is 0 Å². The summed E-state index contributed by atoms with van der Waals surface area (Å²) in [5.41, 5.74) is 0.816. The third-order valence-electron chi connectivity index (χ3n) is 4.90. The lowest BCUT2D eigenvalue weighted by molar-refractivity contribution is 0.0730. The van der Waals surface area contributed by atoms with Crippen molar-refractivity contribution >= 4 is 20.0 Å². The molecule has 3 rings (SSSR count). The summed E-state index contributed by atoms with van der Waals surface area (Å²) in [7, 11) is -4.38. The summed E-state index contributed by atoms with van der Waals surface area (Å²) in [6, 6.07) is 10.8. The summed E-state index contributed by atoms with van der Waals surface area (Å²) in [6.45, 7) is 1.60. The molecule has 0 spiro atoms. The molecule has 1 aliphatic heterocycles. The van der Waals surface area contributed by atoms with Gasteiger partial charge in [-0.05, 0) is 36.2 Å². The Hall–Kier alpha value is -2.18. The van der Waals surface area contributed by atoms with Crippen LogP contribution in [0.15, 0.2) is 52.3 Å². The predicted octanol–water partition coefficient (Wildman–Crippen LogP) is 1.25. The van der Waals surface area contributed by atoms with Gasteiger partial charge in [0.1, 0.15) is 0 Å². The molecule has 1 N–H and O–H groups in total. The molecule has 1 fully saturated rings. The van der Waals surface area contributed by atoms with Gasteiger partial charge in [0.2, 0.25) is 20.0 Å². The molecule has 170 valence electrons. The second-order valence-electron chi connectivity index (χ2n) is 6.82. The van der Waals surface area contributed by atoms with Gasteiger partial charge in [-0.15, -0.1) is 0 Å². The van der Waals surface area contributed by atoms with Crippen LogP contribution in [0.1, 0.15) is 5.56 Å². The van der Waals surface area contributed by atoms with Crippen molar-refractivity contribution in [2.24, 2.45) is 0 Å². The lowest BCUT2D eigenvalue weighted by atomic mass is 10.2. The Balaban J connectivity index is 1.61. The normalized spacial score (nSPS) is 15.5. The van der Waals surface area contributed by atoms with Gasteiger partial charge in [0.05, 0.1) is 37.2 Å². The Morgan fingerprint density at radius 1 is 0.903 bits per heavy atom. The Kier molecular flexibility index (Phi) is 7.55. The van der Waals surface area contributed by atoms with Crippen molar-refractivity contribution in [3.8, 4) is 11.5 Å². The van der Waals surface area contributed by atoms with Crippen molar-refractivity contribution < 1.29 is 31.0 Å². The van der Waals surface area contributed by atoms with Crippen LogP contribution < -0.4 is 14.2 Å². The standard InChI is InChI=1S/C20H26N2O7S2/c1-27-19-8-7-18(15-20(19)28-2)30(23,24)21-10-9-16-3-5-17(6-4-16)31(25,26)22-11-13-29-14-12-22/h3-8,15,21H,9-14H2,1-2H3. The number of ether oxygens (including phenoxy) is 3. The highest BCUT2D eigenvalue weighted by Crippen LogP contribution is 2.29. The van der Waals surface area contributed by atoms with E-state index in [9.17, 15) is 16.8 Å². The molecule has 9 nitrogen and oxygen atoms in total. The molecule has 31 heavy (non-hydrogen) atoms. The molecule has 1 aliphatic rings. The van der Waals surface area contributed by atoms with E-state index in [2.05, 4.69) is 4.72 Å². The monoisotopic (exact) mass is 470 g/mol. The fourth-order valence-corrected chi connectivity index (χ4v) is 5.62. The van der Waals surface area contributed by atoms with Crippen LogP contribution in [-0.2, 0) is 31.2 Å². The maximum absolute atomic E-state index is 12.7. The molecule has 0 saturated carbocycles. The number of nitrogens with one attached hydrogen (secondary N) is 1. The summed E-state index contributed by atoms with van der Waals surface area (Å²) in [5.74, 6) is 0.760. The van der Waals surface area contributed by atoms with E-state index in [4.69, 9.17) is 14.2 Å². The van der Waals surface area contributed by atoms with Crippen LogP contribution in [0, 0.1) is 0 Å². The highest BCUT2D eigenvalue weighted by molar-refractivity contribution is 7.89. The zero-order chi connectivity index (χ0) is 22.5. The second-order valence-corrected chi connectivity index (χ2v) is 10.5. The molecule has 1 saturated heterocycles. The lowest BCUT2D eigenvalue weighted by Gasteiger charge is -2.26. The largest absolute Gasteiger partial charge is 0.493 e. The van der Waals surface area contributed by atoms with Gasteiger partial charge in [0.25, 0.3) is 0 Å². The number of methoxy groups -OCH3 is 2. The molecule has 2 aromatic rings. The minimum Gasteiger partial charge on any atom is -0.493 e. The number of benzene rings is 2. The van der Waals surface area contributed by atoms with Crippen molar-refractivity contribution in [3.63, 3.8) is 0 Å². The average molecular weight is 471 g/mol. The number of nitrogens with zero attached hydrogens (tertiary/aromatic N) is 1.